The number of aryl methyl sites for hydroxylation is 1. The van der Waals surface area contributed by atoms with E-state index in [9.17, 15) is 8.42 Å². The van der Waals surface area contributed by atoms with Gasteiger partial charge in [0.2, 0.25) is 0 Å². The fourth-order valence-corrected chi connectivity index (χ4v) is 2.59. The summed E-state index contributed by atoms with van der Waals surface area (Å²) in [4.78, 5) is 1.95. The van der Waals surface area contributed by atoms with Crippen LogP contribution in [0, 0.1) is 6.92 Å². The summed E-state index contributed by atoms with van der Waals surface area (Å²) in [6, 6.07) is 5.70. The number of rotatable bonds is 8. The highest BCUT2D eigenvalue weighted by Crippen LogP contribution is 2.26. The van der Waals surface area contributed by atoms with E-state index in [1.54, 1.807) is 5.51 Å². The third-order valence-corrected chi connectivity index (χ3v) is 4.12. The van der Waals surface area contributed by atoms with Crippen LogP contribution in [0.25, 0.3) is 0 Å². The summed E-state index contributed by atoms with van der Waals surface area (Å²) >= 11 is 1.31. The van der Waals surface area contributed by atoms with Crippen molar-refractivity contribution in [2.24, 2.45) is 10.2 Å². The number of aromatic nitrogens is 2. The molecule has 9 nitrogen and oxygen atoms in total. The Morgan fingerprint density at radius 2 is 2.17 bits per heavy atom. The van der Waals surface area contributed by atoms with E-state index in [2.05, 4.69) is 24.6 Å². The second kappa shape index (κ2) is 8.24. The van der Waals surface area contributed by atoms with Crippen molar-refractivity contribution in [2.75, 3.05) is 25.1 Å². The van der Waals surface area contributed by atoms with E-state index in [4.69, 9.17) is 4.55 Å². The van der Waals surface area contributed by atoms with Crippen LogP contribution < -0.4 is 4.90 Å². The van der Waals surface area contributed by atoms with E-state index in [1.807, 2.05) is 37.1 Å². The van der Waals surface area contributed by atoms with Gasteiger partial charge >= 0.3 is 10.4 Å². The molecule has 1 aromatic carbocycles. The van der Waals surface area contributed by atoms with E-state index in [0.717, 1.165) is 16.9 Å². The van der Waals surface area contributed by atoms with Gasteiger partial charge in [-0.25, -0.2) is 4.18 Å². The first kappa shape index (κ1) is 18.4. The van der Waals surface area contributed by atoms with Crippen LogP contribution in [-0.2, 0) is 14.6 Å². The van der Waals surface area contributed by atoms with Gasteiger partial charge in [-0.05, 0) is 37.1 Å². The molecule has 2 rings (SSSR count). The van der Waals surface area contributed by atoms with E-state index in [1.165, 1.54) is 11.3 Å². The highest BCUT2D eigenvalue weighted by atomic mass is 32.3. The van der Waals surface area contributed by atoms with Crippen LogP contribution in [0.1, 0.15) is 12.0 Å². The lowest BCUT2D eigenvalue weighted by atomic mass is 10.1. The Balaban J connectivity index is 1.93. The summed E-state index contributed by atoms with van der Waals surface area (Å²) in [6.45, 7) is 2.42. The lowest BCUT2D eigenvalue weighted by molar-refractivity contribution is 0.266. The van der Waals surface area contributed by atoms with Gasteiger partial charge in [-0.3, -0.25) is 4.55 Å². The predicted octanol–water partition coefficient (Wildman–Crippen LogP) is 2.91. The molecule has 0 unspecified atom stereocenters. The van der Waals surface area contributed by atoms with E-state index >= 15 is 0 Å². The minimum absolute atomic E-state index is 0.0731. The third-order valence-electron chi connectivity index (χ3n) is 3.08. The zero-order chi connectivity index (χ0) is 17.6. The number of nitrogens with zero attached hydrogens (tertiary/aromatic N) is 5. The molecule has 0 radical (unpaired) electrons. The first-order valence-electron chi connectivity index (χ1n) is 6.97. The largest absolute Gasteiger partial charge is 0.397 e. The molecule has 1 heterocycles. The van der Waals surface area contributed by atoms with Crippen LogP contribution in [-0.4, -0.2) is 43.4 Å². The molecular weight excluding hydrogens is 354 g/mol. The zero-order valence-corrected chi connectivity index (χ0v) is 14.8. The van der Waals surface area contributed by atoms with Crippen LogP contribution in [0.15, 0.2) is 33.9 Å². The van der Waals surface area contributed by atoms with Crippen molar-refractivity contribution in [2.45, 2.75) is 13.3 Å². The van der Waals surface area contributed by atoms with Crippen LogP contribution in [0.3, 0.4) is 0 Å². The molecule has 0 bridgehead atoms. The maximum Gasteiger partial charge on any atom is 0.397 e. The molecule has 0 atom stereocenters. The molecular formula is C13H17N5O4S2. The molecule has 0 spiro atoms. The summed E-state index contributed by atoms with van der Waals surface area (Å²) < 4.78 is 33.7. The van der Waals surface area contributed by atoms with E-state index in [0.29, 0.717) is 18.1 Å². The molecule has 0 aliphatic heterocycles. The lowest BCUT2D eigenvalue weighted by Crippen LogP contribution is -2.20. The molecule has 2 aromatic rings. The molecule has 1 aromatic heterocycles. The SMILES string of the molecule is Cc1cc(N(C)CCCOS(=O)(=O)O)ccc1/N=N/c1nncs1. The third kappa shape index (κ3) is 5.92. The fourth-order valence-electron chi connectivity index (χ4n) is 1.89. The van der Waals surface area contributed by atoms with Gasteiger partial charge in [0.25, 0.3) is 5.13 Å². The molecule has 0 aliphatic carbocycles. The number of anilines is 1. The molecule has 11 heteroatoms. The monoisotopic (exact) mass is 371 g/mol. The topological polar surface area (TPSA) is 117 Å². The summed E-state index contributed by atoms with van der Waals surface area (Å²) in [7, 11) is -2.49. The van der Waals surface area contributed by atoms with Gasteiger partial charge < -0.3 is 4.90 Å². The molecule has 0 saturated carbocycles. The molecule has 0 amide bonds. The first-order chi connectivity index (χ1) is 11.3. The average molecular weight is 371 g/mol. The van der Waals surface area contributed by atoms with Crippen molar-refractivity contribution in [1.29, 1.82) is 0 Å². The van der Waals surface area contributed by atoms with Crippen molar-refractivity contribution in [3.05, 3.63) is 29.3 Å². The molecule has 0 fully saturated rings. The predicted molar refractivity (Wildman–Crippen MR) is 90.7 cm³/mol. The highest BCUT2D eigenvalue weighted by Gasteiger charge is 2.07. The van der Waals surface area contributed by atoms with Gasteiger partial charge in [0.05, 0.1) is 12.3 Å². The number of hydrogen-bond acceptors (Lipinski definition) is 9. The van der Waals surface area contributed by atoms with Crippen LogP contribution in [0.5, 0.6) is 0 Å². The standard InChI is InChI=1S/C13H17N5O4S2/c1-10-8-11(18(2)6-3-7-22-24(19,20)21)4-5-12(10)15-17-13-16-14-9-23-13/h4-5,8-9H,3,6-7H2,1-2H3,(H,19,20,21)/b17-15+. The average Bonchev–Trinajstić information content (AvgIpc) is 3.02. The van der Waals surface area contributed by atoms with E-state index in [-0.39, 0.29) is 6.61 Å². The second-order valence-corrected chi connectivity index (χ2v) is 6.82. The zero-order valence-electron chi connectivity index (χ0n) is 13.2. The minimum atomic E-state index is -4.37. The van der Waals surface area contributed by atoms with E-state index < -0.39 is 10.4 Å². The molecule has 24 heavy (non-hydrogen) atoms. The lowest BCUT2D eigenvalue weighted by Gasteiger charge is -2.19. The van der Waals surface area contributed by atoms with Gasteiger partial charge in [-0.15, -0.1) is 20.4 Å². The van der Waals surface area contributed by atoms with Gasteiger partial charge in [0.1, 0.15) is 5.51 Å². The maximum atomic E-state index is 10.5. The van der Waals surface area contributed by atoms with Crippen LogP contribution >= 0.6 is 11.3 Å². The van der Waals surface area contributed by atoms with Gasteiger partial charge in [0, 0.05) is 19.3 Å². The van der Waals surface area contributed by atoms with Crippen molar-refractivity contribution >= 4 is 38.2 Å². The number of hydrogen-bond donors (Lipinski definition) is 1. The van der Waals surface area contributed by atoms with Crippen molar-refractivity contribution in [1.82, 2.24) is 10.2 Å². The Labute approximate surface area is 144 Å². The Morgan fingerprint density at radius 1 is 1.38 bits per heavy atom. The van der Waals surface area contributed by atoms with Crippen molar-refractivity contribution in [3.63, 3.8) is 0 Å². The summed E-state index contributed by atoms with van der Waals surface area (Å²) in [5.74, 6) is 0. The molecule has 130 valence electrons. The van der Waals surface area contributed by atoms with Crippen molar-refractivity contribution in [3.8, 4) is 0 Å². The normalized spacial score (nSPS) is 12.0. The smallest absolute Gasteiger partial charge is 0.375 e. The van der Waals surface area contributed by atoms with Gasteiger partial charge in [-0.2, -0.15) is 8.42 Å². The maximum absolute atomic E-state index is 10.5. The molecule has 0 aliphatic rings. The fraction of sp³-hybridized carbons (Fsp3) is 0.385. The Morgan fingerprint density at radius 3 is 2.79 bits per heavy atom. The molecule has 0 saturated heterocycles. The Hall–Kier alpha value is -1.95. The summed E-state index contributed by atoms with van der Waals surface area (Å²) in [5.41, 5.74) is 4.22. The van der Waals surface area contributed by atoms with Gasteiger partial charge in [0.15, 0.2) is 0 Å². The summed E-state index contributed by atoms with van der Waals surface area (Å²) in [5, 5.41) is 16.1. The quantitative estimate of drug-likeness (QED) is 0.430. The van der Waals surface area contributed by atoms with Crippen LogP contribution in [0.4, 0.5) is 16.5 Å². The van der Waals surface area contributed by atoms with Crippen molar-refractivity contribution < 1.29 is 17.2 Å². The second-order valence-electron chi connectivity index (χ2n) is 4.92. The molecule has 1 N–H and O–H groups in total. The van der Waals surface area contributed by atoms with Crippen LogP contribution in [0.2, 0.25) is 0 Å². The number of benzene rings is 1. The minimum Gasteiger partial charge on any atom is -0.375 e. The first-order valence-corrected chi connectivity index (χ1v) is 9.21. The number of azo groups is 1. The highest BCUT2D eigenvalue weighted by molar-refractivity contribution is 7.80. The Bertz CT molecular complexity index is 793. The van der Waals surface area contributed by atoms with Gasteiger partial charge in [-0.1, -0.05) is 11.3 Å². The summed E-state index contributed by atoms with van der Waals surface area (Å²) in [6.07, 6.45) is 0.452. The Kier molecular flexibility index (Phi) is 6.31.